The largest absolute Gasteiger partial charge is 0.392 e. The van der Waals surface area contributed by atoms with E-state index in [9.17, 15) is 19.8 Å². The van der Waals surface area contributed by atoms with Crippen molar-refractivity contribution in [1.29, 1.82) is 0 Å². The molecule has 250 valence electrons. The lowest BCUT2D eigenvalue weighted by atomic mass is 9.84. The van der Waals surface area contributed by atoms with Gasteiger partial charge in [0, 0.05) is 53.0 Å². The van der Waals surface area contributed by atoms with Crippen molar-refractivity contribution < 1.29 is 29.3 Å². The van der Waals surface area contributed by atoms with Crippen molar-refractivity contribution in [3.63, 3.8) is 0 Å². The van der Waals surface area contributed by atoms with E-state index in [-0.39, 0.29) is 36.4 Å². The topological polar surface area (TPSA) is 108 Å². The Bertz CT molecular complexity index is 1740. The summed E-state index contributed by atoms with van der Waals surface area (Å²) in [7, 11) is 0. The average Bonchev–Trinajstić information content (AvgIpc) is 3.10. The highest BCUT2D eigenvalue weighted by molar-refractivity contribution is 6.30. The highest BCUT2D eigenvalue weighted by atomic mass is 35.5. The van der Waals surface area contributed by atoms with Crippen molar-refractivity contribution in [1.82, 2.24) is 4.90 Å². The molecule has 6 rings (SSSR count). The third-order valence-electron chi connectivity index (χ3n) is 9.57. The molecule has 0 aromatic heterocycles. The van der Waals surface area contributed by atoms with Crippen LogP contribution in [0, 0.1) is 5.92 Å². The lowest BCUT2D eigenvalue weighted by Gasteiger charge is -2.45. The number of nitrogens with one attached hydrogen (secondary N) is 1. The lowest BCUT2D eigenvalue weighted by molar-refractivity contribution is -0.277. The van der Waals surface area contributed by atoms with Crippen LogP contribution in [0.4, 0.5) is 5.69 Å². The number of carbonyl (C=O) groups is 2. The van der Waals surface area contributed by atoms with Gasteiger partial charge in [0.2, 0.25) is 0 Å². The van der Waals surface area contributed by atoms with Gasteiger partial charge in [-0.2, -0.15) is 0 Å². The van der Waals surface area contributed by atoms with Crippen LogP contribution < -0.4 is 5.32 Å². The maximum atomic E-state index is 13.3. The summed E-state index contributed by atoms with van der Waals surface area (Å²) in [5.74, 6) is -0.403. The van der Waals surface area contributed by atoms with Crippen LogP contribution in [0.1, 0.15) is 82.1 Å². The summed E-state index contributed by atoms with van der Waals surface area (Å²) in [5, 5.41) is 24.6. The molecule has 4 aromatic rings. The fourth-order valence-electron chi connectivity index (χ4n) is 6.58. The van der Waals surface area contributed by atoms with E-state index in [0.717, 1.165) is 16.7 Å². The summed E-state index contributed by atoms with van der Waals surface area (Å²) in [6.07, 6.45) is -0.0651. The predicted octanol–water partition coefficient (Wildman–Crippen LogP) is 7.06. The number of anilines is 1. The Morgan fingerprint density at radius 2 is 1.58 bits per heavy atom. The van der Waals surface area contributed by atoms with Crippen molar-refractivity contribution >= 4 is 29.0 Å². The smallest absolute Gasteiger partial charge is 0.255 e. The van der Waals surface area contributed by atoms with Crippen molar-refractivity contribution in [3.8, 4) is 0 Å². The van der Waals surface area contributed by atoms with E-state index in [1.54, 1.807) is 36.4 Å². The fraction of sp³-hybridized carbons (Fsp3) is 0.333. The first-order valence-corrected chi connectivity index (χ1v) is 16.7. The molecule has 8 nitrogen and oxygen atoms in total. The SMILES string of the molecule is CC(=O)c1cccc(NC(=O)c2cccc(C3OC(CN4CCC(O)(c5ccc(Cl)cc5)CC4)C(C)C(c4ccc(CO)cc4)O3)c2)c1. The molecule has 0 aliphatic carbocycles. The number of benzene rings is 4. The van der Waals surface area contributed by atoms with Gasteiger partial charge in [0.1, 0.15) is 0 Å². The van der Waals surface area contributed by atoms with E-state index < -0.39 is 11.9 Å². The number of likely N-dealkylation sites (tertiary alicyclic amines) is 1. The quantitative estimate of drug-likeness (QED) is 0.164. The summed E-state index contributed by atoms with van der Waals surface area (Å²) in [6.45, 7) is 5.62. The fourth-order valence-corrected chi connectivity index (χ4v) is 6.71. The van der Waals surface area contributed by atoms with Crippen LogP contribution in [0.2, 0.25) is 5.02 Å². The molecule has 4 aromatic carbocycles. The molecule has 2 fully saturated rings. The van der Waals surface area contributed by atoms with E-state index in [1.807, 2.05) is 60.7 Å². The third kappa shape index (κ3) is 7.70. The molecule has 2 aliphatic heterocycles. The zero-order valence-electron chi connectivity index (χ0n) is 27.1. The Kier molecular flexibility index (Phi) is 10.4. The van der Waals surface area contributed by atoms with E-state index in [2.05, 4.69) is 17.1 Å². The van der Waals surface area contributed by atoms with Gasteiger partial charge in [-0.15, -0.1) is 0 Å². The Balaban J connectivity index is 1.21. The van der Waals surface area contributed by atoms with Gasteiger partial charge in [0.05, 0.1) is 24.4 Å². The number of hydrogen-bond donors (Lipinski definition) is 3. The molecule has 4 unspecified atom stereocenters. The summed E-state index contributed by atoms with van der Waals surface area (Å²) in [6, 6.07) is 29.3. The number of nitrogens with zero attached hydrogens (tertiary/aromatic N) is 1. The standard InChI is InChI=1S/C39H41ClN2O6/c1-25-35(23-42-19-17-39(46,18-20-42)32-13-15-33(40)16-14-32)47-38(48-36(25)28-11-9-27(24-43)10-12-28)31-7-3-6-30(21-31)37(45)41-34-8-4-5-29(22-34)26(2)44/h3-16,21-22,25,35-36,38,43,46H,17-20,23-24H2,1-2H3,(H,41,45). The molecule has 0 saturated carbocycles. The number of ether oxygens (including phenoxy) is 2. The third-order valence-corrected chi connectivity index (χ3v) is 9.83. The van der Waals surface area contributed by atoms with Gasteiger partial charge >= 0.3 is 0 Å². The lowest BCUT2D eigenvalue weighted by Crippen LogP contribution is -2.49. The monoisotopic (exact) mass is 668 g/mol. The number of aliphatic hydroxyl groups is 2. The molecule has 1 amide bonds. The molecule has 3 N–H and O–H groups in total. The number of amides is 1. The minimum absolute atomic E-state index is 0.0154. The normalized spacial score (nSPS) is 22.6. The molecule has 48 heavy (non-hydrogen) atoms. The van der Waals surface area contributed by atoms with Gasteiger partial charge in [-0.3, -0.25) is 9.59 Å². The zero-order valence-corrected chi connectivity index (χ0v) is 27.9. The maximum Gasteiger partial charge on any atom is 0.255 e. The molecule has 0 spiro atoms. The Morgan fingerprint density at radius 1 is 0.896 bits per heavy atom. The second-order valence-electron chi connectivity index (χ2n) is 12.9. The number of rotatable bonds is 9. The number of hydrogen-bond acceptors (Lipinski definition) is 7. The summed E-state index contributed by atoms with van der Waals surface area (Å²) in [5.41, 5.74) is 3.98. The van der Waals surface area contributed by atoms with E-state index in [4.69, 9.17) is 21.1 Å². The molecular formula is C39H41ClN2O6. The number of Topliss-reactive ketones (excluding diaryl/α,β-unsaturated/α-hetero) is 1. The maximum absolute atomic E-state index is 13.3. The first-order valence-electron chi connectivity index (χ1n) is 16.4. The van der Waals surface area contributed by atoms with Crippen molar-refractivity contribution in [2.75, 3.05) is 25.0 Å². The van der Waals surface area contributed by atoms with Crippen LogP contribution in [0.3, 0.4) is 0 Å². The molecule has 0 radical (unpaired) electrons. The minimum atomic E-state index is -0.906. The van der Waals surface area contributed by atoms with Gasteiger partial charge < -0.3 is 29.9 Å². The second-order valence-corrected chi connectivity index (χ2v) is 13.3. The van der Waals surface area contributed by atoms with Crippen LogP contribution in [0.15, 0.2) is 97.1 Å². The van der Waals surface area contributed by atoms with Crippen molar-refractivity contribution in [2.45, 2.75) is 57.4 Å². The van der Waals surface area contributed by atoms with Crippen LogP contribution in [0.25, 0.3) is 0 Å². The summed E-state index contributed by atoms with van der Waals surface area (Å²) >= 11 is 6.08. The highest BCUT2D eigenvalue weighted by Crippen LogP contribution is 2.43. The second kappa shape index (κ2) is 14.7. The Hall–Kier alpha value is -3.89. The molecular weight excluding hydrogens is 628 g/mol. The van der Waals surface area contributed by atoms with Crippen LogP contribution in [-0.2, 0) is 21.7 Å². The van der Waals surface area contributed by atoms with Crippen molar-refractivity contribution in [2.24, 2.45) is 5.92 Å². The summed E-state index contributed by atoms with van der Waals surface area (Å²) < 4.78 is 13.3. The molecule has 0 bridgehead atoms. The highest BCUT2D eigenvalue weighted by Gasteiger charge is 2.41. The number of carbonyl (C=O) groups excluding carboxylic acids is 2. The van der Waals surface area contributed by atoms with Crippen molar-refractivity contribution in [3.05, 3.63) is 135 Å². The molecule has 2 heterocycles. The number of piperidine rings is 1. The predicted molar refractivity (Wildman–Crippen MR) is 185 cm³/mol. The van der Waals surface area contributed by atoms with Gasteiger partial charge in [-0.05, 0) is 72.9 Å². The van der Waals surface area contributed by atoms with E-state index in [0.29, 0.717) is 59.9 Å². The van der Waals surface area contributed by atoms with E-state index >= 15 is 0 Å². The molecule has 9 heteroatoms. The average molecular weight is 669 g/mol. The first-order chi connectivity index (χ1) is 23.1. The van der Waals surface area contributed by atoms with Crippen LogP contribution in [-0.4, -0.2) is 52.5 Å². The number of aliphatic hydroxyl groups excluding tert-OH is 1. The van der Waals surface area contributed by atoms with Gasteiger partial charge in [0.15, 0.2) is 12.1 Å². The van der Waals surface area contributed by atoms with Crippen LogP contribution >= 0.6 is 11.6 Å². The molecule has 2 aliphatic rings. The Morgan fingerprint density at radius 3 is 2.27 bits per heavy atom. The zero-order chi connectivity index (χ0) is 33.8. The molecule has 2 saturated heterocycles. The Labute approximate surface area is 286 Å². The van der Waals surface area contributed by atoms with Crippen LogP contribution in [0.5, 0.6) is 0 Å². The summed E-state index contributed by atoms with van der Waals surface area (Å²) in [4.78, 5) is 27.5. The van der Waals surface area contributed by atoms with Gasteiger partial charge in [-0.1, -0.05) is 79.2 Å². The van der Waals surface area contributed by atoms with Gasteiger partial charge in [0.25, 0.3) is 5.91 Å². The first kappa shape index (κ1) is 34.0. The number of ketones is 1. The number of halogens is 1. The van der Waals surface area contributed by atoms with E-state index in [1.165, 1.54) is 6.92 Å². The van der Waals surface area contributed by atoms with Gasteiger partial charge in [-0.25, -0.2) is 0 Å². The minimum Gasteiger partial charge on any atom is -0.392 e. The molecule has 4 atom stereocenters.